The first kappa shape index (κ1) is 13.3. The third kappa shape index (κ3) is 3.66. The molecule has 2 rings (SSSR count). The lowest BCUT2D eigenvalue weighted by Crippen LogP contribution is -2.06. The van der Waals surface area contributed by atoms with E-state index in [2.05, 4.69) is 4.98 Å². The smallest absolute Gasteiger partial charge is 0.120 e. The molecule has 2 N–H and O–H groups in total. The molecule has 0 aliphatic rings. The minimum Gasteiger partial charge on any atom is -0.493 e. The predicted octanol–water partition coefficient (Wildman–Crippen LogP) is 3.05. The van der Waals surface area contributed by atoms with Gasteiger partial charge in [0.2, 0.25) is 0 Å². The fraction of sp³-hybridized carbons (Fsp3) is 0.167. The van der Waals surface area contributed by atoms with Gasteiger partial charge < -0.3 is 10.5 Å². The summed E-state index contributed by atoms with van der Waals surface area (Å²) in [5.74, 6) is 0.758. The molecule has 0 aliphatic heterocycles. The fourth-order valence-corrected chi connectivity index (χ4v) is 2.46. The number of halogens is 1. The van der Waals surface area contributed by atoms with Gasteiger partial charge in [-0.15, -0.1) is 11.3 Å². The van der Waals surface area contributed by atoms with Crippen LogP contribution in [0.5, 0.6) is 5.75 Å². The van der Waals surface area contributed by atoms with Gasteiger partial charge in [-0.1, -0.05) is 29.9 Å². The van der Waals surface area contributed by atoms with Gasteiger partial charge >= 0.3 is 0 Å². The largest absolute Gasteiger partial charge is 0.493 e. The molecule has 1 aromatic carbocycles. The Morgan fingerprint density at radius 1 is 1.50 bits per heavy atom. The minimum atomic E-state index is 0.384. The molecule has 0 radical (unpaired) electrons. The molecule has 94 valence electrons. The number of hydrogen-bond donors (Lipinski definition) is 1. The van der Waals surface area contributed by atoms with Crippen molar-refractivity contribution in [2.75, 3.05) is 6.61 Å². The van der Waals surface area contributed by atoms with Crippen molar-refractivity contribution in [3.63, 3.8) is 0 Å². The highest BCUT2D eigenvalue weighted by molar-refractivity contribution is 7.81. The summed E-state index contributed by atoms with van der Waals surface area (Å²) < 4.78 is 5.58. The standard InChI is InChI=1S/C12H11ClN2OS2/c13-8-2-1-3-9(6-8)16-5-4-11-15-7-10(18-11)12(14)17/h1-3,6-7H,4-5H2,(H2,14,17). The van der Waals surface area contributed by atoms with Crippen LogP contribution >= 0.6 is 35.2 Å². The van der Waals surface area contributed by atoms with E-state index in [0.717, 1.165) is 22.1 Å². The number of thiocarbonyl (C=S) groups is 1. The molecular formula is C12H11ClN2OS2. The minimum absolute atomic E-state index is 0.384. The monoisotopic (exact) mass is 298 g/mol. The molecule has 1 heterocycles. The van der Waals surface area contributed by atoms with Crippen LogP contribution in [-0.2, 0) is 6.42 Å². The SMILES string of the molecule is NC(=S)c1cnc(CCOc2cccc(Cl)c2)s1. The number of nitrogens with zero attached hydrogens (tertiary/aromatic N) is 1. The van der Waals surface area contributed by atoms with E-state index in [1.165, 1.54) is 11.3 Å². The maximum absolute atomic E-state index is 5.86. The first-order valence-corrected chi connectivity index (χ1v) is 6.88. The van der Waals surface area contributed by atoms with E-state index in [9.17, 15) is 0 Å². The number of rotatable bonds is 5. The Balaban J connectivity index is 1.86. The number of benzene rings is 1. The molecule has 0 atom stereocenters. The van der Waals surface area contributed by atoms with Crippen molar-refractivity contribution in [1.82, 2.24) is 4.98 Å². The summed E-state index contributed by atoms with van der Waals surface area (Å²) in [4.78, 5) is 5.45. The van der Waals surface area contributed by atoms with Gasteiger partial charge in [-0.25, -0.2) is 4.98 Å². The summed E-state index contributed by atoms with van der Waals surface area (Å²) in [6.07, 6.45) is 2.42. The molecule has 0 saturated carbocycles. The quantitative estimate of drug-likeness (QED) is 0.862. The molecule has 0 spiro atoms. The van der Waals surface area contributed by atoms with E-state index >= 15 is 0 Å². The average molecular weight is 299 g/mol. The van der Waals surface area contributed by atoms with Crippen LogP contribution in [0.4, 0.5) is 0 Å². The maximum atomic E-state index is 5.86. The lowest BCUT2D eigenvalue weighted by Gasteiger charge is -2.04. The molecule has 0 aliphatic carbocycles. The van der Waals surface area contributed by atoms with Crippen LogP contribution in [-0.4, -0.2) is 16.6 Å². The Morgan fingerprint density at radius 2 is 2.33 bits per heavy atom. The van der Waals surface area contributed by atoms with Gasteiger partial charge in [-0.05, 0) is 18.2 Å². The number of ether oxygens (including phenoxy) is 1. The maximum Gasteiger partial charge on any atom is 0.120 e. The Bertz CT molecular complexity index is 557. The summed E-state index contributed by atoms with van der Waals surface area (Å²) in [6.45, 7) is 0.546. The van der Waals surface area contributed by atoms with Crippen LogP contribution in [0.15, 0.2) is 30.5 Å². The highest BCUT2D eigenvalue weighted by atomic mass is 35.5. The molecule has 0 fully saturated rings. The average Bonchev–Trinajstić information content (AvgIpc) is 2.78. The van der Waals surface area contributed by atoms with Crippen molar-refractivity contribution in [3.05, 3.63) is 45.4 Å². The molecule has 0 bridgehead atoms. The zero-order valence-electron chi connectivity index (χ0n) is 9.43. The Kier molecular flexibility index (Phi) is 4.52. The van der Waals surface area contributed by atoms with E-state index in [4.69, 9.17) is 34.3 Å². The van der Waals surface area contributed by atoms with Gasteiger partial charge in [-0.3, -0.25) is 0 Å². The van der Waals surface area contributed by atoms with Crippen molar-refractivity contribution in [1.29, 1.82) is 0 Å². The first-order chi connectivity index (χ1) is 8.65. The van der Waals surface area contributed by atoms with Crippen LogP contribution < -0.4 is 10.5 Å². The number of thiazole rings is 1. The van der Waals surface area contributed by atoms with E-state index < -0.39 is 0 Å². The number of hydrogen-bond acceptors (Lipinski definition) is 4. The molecule has 3 nitrogen and oxygen atoms in total. The van der Waals surface area contributed by atoms with E-state index in [1.54, 1.807) is 12.3 Å². The van der Waals surface area contributed by atoms with Gasteiger partial charge in [0, 0.05) is 17.6 Å². The van der Waals surface area contributed by atoms with Crippen molar-refractivity contribution < 1.29 is 4.74 Å². The van der Waals surface area contributed by atoms with E-state index in [0.29, 0.717) is 16.6 Å². The topological polar surface area (TPSA) is 48.1 Å². The summed E-state index contributed by atoms with van der Waals surface area (Å²) in [5, 5.41) is 1.62. The van der Waals surface area contributed by atoms with Crippen LogP contribution in [0.25, 0.3) is 0 Å². The van der Waals surface area contributed by atoms with Crippen molar-refractivity contribution in [3.8, 4) is 5.75 Å². The Hall–Kier alpha value is -1.17. The molecule has 1 aromatic heterocycles. The van der Waals surface area contributed by atoms with Crippen LogP contribution in [0, 0.1) is 0 Å². The predicted molar refractivity (Wildman–Crippen MR) is 78.7 cm³/mol. The molecule has 2 aromatic rings. The van der Waals surface area contributed by atoms with E-state index in [-0.39, 0.29) is 0 Å². The third-order valence-corrected chi connectivity index (χ3v) is 3.85. The summed E-state index contributed by atoms with van der Waals surface area (Å²) in [5.41, 5.74) is 5.52. The zero-order chi connectivity index (χ0) is 13.0. The fourth-order valence-electron chi connectivity index (χ4n) is 1.35. The molecule has 6 heteroatoms. The van der Waals surface area contributed by atoms with Crippen molar-refractivity contribution >= 4 is 40.1 Å². The molecular weight excluding hydrogens is 288 g/mol. The van der Waals surface area contributed by atoms with Crippen molar-refractivity contribution in [2.24, 2.45) is 5.73 Å². The summed E-state index contributed by atoms with van der Waals surface area (Å²) >= 11 is 12.2. The lowest BCUT2D eigenvalue weighted by molar-refractivity contribution is 0.322. The zero-order valence-corrected chi connectivity index (χ0v) is 11.8. The summed E-state index contributed by atoms with van der Waals surface area (Å²) in [6, 6.07) is 7.31. The van der Waals surface area contributed by atoms with Gasteiger partial charge in [0.25, 0.3) is 0 Å². The van der Waals surface area contributed by atoms with Gasteiger partial charge in [0.15, 0.2) is 0 Å². The first-order valence-electron chi connectivity index (χ1n) is 5.28. The molecule has 0 saturated heterocycles. The Morgan fingerprint density at radius 3 is 3.00 bits per heavy atom. The van der Waals surface area contributed by atoms with E-state index in [1.807, 2.05) is 18.2 Å². The Labute approximate surface area is 120 Å². The van der Waals surface area contributed by atoms with Gasteiger partial charge in [0.05, 0.1) is 16.5 Å². The summed E-state index contributed by atoms with van der Waals surface area (Å²) in [7, 11) is 0. The van der Waals surface area contributed by atoms with Crippen LogP contribution in [0.1, 0.15) is 9.88 Å². The highest BCUT2D eigenvalue weighted by Gasteiger charge is 2.04. The van der Waals surface area contributed by atoms with Gasteiger partial charge in [-0.2, -0.15) is 0 Å². The molecule has 0 amide bonds. The lowest BCUT2D eigenvalue weighted by atomic mass is 10.3. The molecule has 0 unspecified atom stereocenters. The van der Waals surface area contributed by atoms with Crippen LogP contribution in [0.3, 0.4) is 0 Å². The molecule has 18 heavy (non-hydrogen) atoms. The van der Waals surface area contributed by atoms with Crippen LogP contribution in [0.2, 0.25) is 5.02 Å². The number of nitrogens with two attached hydrogens (primary N) is 1. The van der Waals surface area contributed by atoms with Gasteiger partial charge in [0.1, 0.15) is 10.7 Å². The third-order valence-electron chi connectivity index (χ3n) is 2.18. The normalized spacial score (nSPS) is 10.3. The second-order valence-electron chi connectivity index (χ2n) is 3.54. The second-order valence-corrected chi connectivity index (χ2v) is 5.53. The highest BCUT2D eigenvalue weighted by Crippen LogP contribution is 2.18. The number of aromatic nitrogens is 1. The second kappa shape index (κ2) is 6.13. The van der Waals surface area contributed by atoms with Crippen molar-refractivity contribution in [2.45, 2.75) is 6.42 Å².